The van der Waals surface area contributed by atoms with Crippen LogP contribution in [0.1, 0.15) is 54.4 Å². The van der Waals surface area contributed by atoms with E-state index in [4.69, 9.17) is 9.47 Å². The summed E-state index contributed by atoms with van der Waals surface area (Å²) in [4.78, 5) is 37.5. The molecular formula is C25H29FN4O4. The van der Waals surface area contributed by atoms with Crippen molar-refractivity contribution >= 4 is 11.9 Å². The Hall–Kier alpha value is -3.07. The Balaban J connectivity index is 1.22. The number of rotatable bonds is 6. The number of carbonyl (C=O) groups excluding carboxylic acids is 2. The highest BCUT2D eigenvalue weighted by Gasteiger charge is 2.48. The van der Waals surface area contributed by atoms with Gasteiger partial charge < -0.3 is 19.3 Å². The third kappa shape index (κ3) is 4.49. The number of carbonyl (C=O) groups is 2. The van der Waals surface area contributed by atoms with Crippen LogP contribution in [0.2, 0.25) is 0 Å². The van der Waals surface area contributed by atoms with Crippen molar-refractivity contribution in [2.45, 2.75) is 44.1 Å². The van der Waals surface area contributed by atoms with Gasteiger partial charge in [0.1, 0.15) is 11.4 Å². The number of likely N-dealkylation sites (N-methyl/N-ethyl adjacent to an activating group) is 1. The van der Waals surface area contributed by atoms with E-state index in [0.717, 1.165) is 44.1 Å². The van der Waals surface area contributed by atoms with E-state index in [1.165, 1.54) is 12.8 Å². The van der Waals surface area contributed by atoms with Gasteiger partial charge in [-0.3, -0.25) is 4.79 Å². The van der Waals surface area contributed by atoms with Crippen molar-refractivity contribution < 1.29 is 23.5 Å². The van der Waals surface area contributed by atoms with Crippen molar-refractivity contribution in [2.24, 2.45) is 5.92 Å². The number of hydrogen-bond donors (Lipinski definition) is 0. The molecular weight excluding hydrogens is 439 g/mol. The number of aromatic nitrogens is 2. The lowest BCUT2D eigenvalue weighted by molar-refractivity contribution is -0.137. The topological polar surface area (TPSA) is 84.9 Å². The van der Waals surface area contributed by atoms with E-state index in [9.17, 15) is 14.0 Å². The molecule has 2 aliphatic heterocycles. The Morgan fingerprint density at radius 2 is 1.94 bits per heavy atom. The number of benzene rings is 1. The lowest BCUT2D eigenvalue weighted by atomic mass is 9.74. The molecule has 3 aliphatic rings. The highest BCUT2D eigenvalue weighted by molar-refractivity contribution is 5.95. The van der Waals surface area contributed by atoms with E-state index in [1.807, 2.05) is 18.0 Å². The summed E-state index contributed by atoms with van der Waals surface area (Å²) in [6, 6.07) is 5.18. The molecule has 0 radical (unpaired) electrons. The van der Waals surface area contributed by atoms with Crippen LogP contribution in [0.25, 0.3) is 0 Å². The predicted molar refractivity (Wildman–Crippen MR) is 121 cm³/mol. The van der Waals surface area contributed by atoms with Crippen LogP contribution in [0.15, 0.2) is 30.6 Å². The molecule has 1 aliphatic carbocycles. The Bertz CT molecular complexity index is 1060. The standard InChI is InChI=1S/C25H29FN4O4/c1-29(12-13-30-10-2-3-11-30)22(31)17-6-8-25(9-7-17)21-5-4-19(14-20(21)23(32)34-25)33-24-27-15-18(26)16-28-24/h4-5,14-17H,2-3,6-13H2,1H3/t17-,25-. The van der Waals surface area contributed by atoms with E-state index in [2.05, 4.69) is 14.9 Å². The largest absolute Gasteiger partial charge is 0.451 e. The molecule has 180 valence electrons. The second kappa shape index (κ2) is 9.29. The minimum Gasteiger partial charge on any atom is -0.451 e. The first-order chi connectivity index (χ1) is 16.4. The summed E-state index contributed by atoms with van der Waals surface area (Å²) in [7, 11) is 1.89. The molecule has 0 unspecified atom stereocenters. The van der Waals surface area contributed by atoms with Gasteiger partial charge >= 0.3 is 12.0 Å². The average Bonchev–Trinajstić information content (AvgIpc) is 3.46. The minimum absolute atomic E-state index is 0.00435. The third-order valence-electron chi connectivity index (χ3n) is 7.26. The van der Waals surface area contributed by atoms with Gasteiger partial charge in [0.05, 0.1) is 18.0 Å². The molecule has 1 aromatic heterocycles. The summed E-state index contributed by atoms with van der Waals surface area (Å²) in [6.45, 7) is 3.93. The number of nitrogens with zero attached hydrogens (tertiary/aromatic N) is 4. The van der Waals surface area contributed by atoms with Gasteiger partial charge in [-0.2, -0.15) is 0 Å². The number of likely N-dealkylation sites (tertiary alicyclic amines) is 1. The molecule has 5 rings (SSSR count). The first kappa shape index (κ1) is 22.7. The van der Waals surface area contributed by atoms with Crippen LogP contribution in [0.5, 0.6) is 11.8 Å². The molecule has 9 heteroatoms. The van der Waals surface area contributed by atoms with Gasteiger partial charge in [-0.25, -0.2) is 19.2 Å². The molecule has 1 saturated heterocycles. The number of amides is 1. The maximum Gasteiger partial charge on any atom is 0.339 e. The van der Waals surface area contributed by atoms with Gasteiger partial charge in [0.25, 0.3) is 0 Å². The molecule has 1 aromatic carbocycles. The molecule has 0 atom stereocenters. The van der Waals surface area contributed by atoms with E-state index in [-0.39, 0.29) is 17.8 Å². The first-order valence-corrected chi connectivity index (χ1v) is 11.9. The van der Waals surface area contributed by atoms with Crippen LogP contribution >= 0.6 is 0 Å². The number of fused-ring (bicyclic) bond motifs is 2. The molecule has 2 fully saturated rings. The zero-order valence-electron chi connectivity index (χ0n) is 19.3. The van der Waals surface area contributed by atoms with Crippen molar-refractivity contribution in [1.29, 1.82) is 0 Å². The fourth-order valence-electron chi connectivity index (χ4n) is 5.32. The van der Waals surface area contributed by atoms with Gasteiger partial charge in [0, 0.05) is 31.6 Å². The van der Waals surface area contributed by atoms with E-state index in [0.29, 0.717) is 37.0 Å². The lowest BCUT2D eigenvalue weighted by Gasteiger charge is -2.37. The summed E-state index contributed by atoms with van der Waals surface area (Å²) in [5.74, 6) is -0.439. The number of halogens is 1. The van der Waals surface area contributed by atoms with Gasteiger partial charge in [-0.15, -0.1) is 0 Å². The van der Waals surface area contributed by atoms with Crippen molar-refractivity contribution in [2.75, 3.05) is 33.2 Å². The summed E-state index contributed by atoms with van der Waals surface area (Å²) in [6.07, 6.45) is 7.12. The number of hydrogen-bond acceptors (Lipinski definition) is 7. The average molecular weight is 469 g/mol. The summed E-state index contributed by atoms with van der Waals surface area (Å²) < 4.78 is 24.5. The van der Waals surface area contributed by atoms with Crippen LogP contribution in [0.4, 0.5) is 4.39 Å². The smallest absolute Gasteiger partial charge is 0.339 e. The minimum atomic E-state index is -0.692. The number of ether oxygens (including phenoxy) is 2. The summed E-state index contributed by atoms with van der Waals surface area (Å²) in [5, 5.41) is 0. The van der Waals surface area contributed by atoms with Gasteiger partial charge in [-0.1, -0.05) is 6.07 Å². The quantitative estimate of drug-likeness (QED) is 0.600. The van der Waals surface area contributed by atoms with Gasteiger partial charge in [0.15, 0.2) is 5.82 Å². The van der Waals surface area contributed by atoms with Gasteiger partial charge in [0.2, 0.25) is 5.91 Å². The first-order valence-electron chi connectivity index (χ1n) is 11.9. The van der Waals surface area contributed by atoms with E-state index >= 15 is 0 Å². The molecule has 2 aromatic rings. The van der Waals surface area contributed by atoms with Crippen molar-refractivity contribution in [3.8, 4) is 11.8 Å². The van der Waals surface area contributed by atoms with Crippen LogP contribution in [0.3, 0.4) is 0 Å². The normalized spacial score (nSPS) is 24.2. The second-order valence-corrected chi connectivity index (χ2v) is 9.46. The van der Waals surface area contributed by atoms with Crippen molar-refractivity contribution in [3.63, 3.8) is 0 Å². The highest BCUT2D eigenvalue weighted by Crippen LogP contribution is 2.49. The Morgan fingerprint density at radius 3 is 2.65 bits per heavy atom. The SMILES string of the molecule is CN(CCN1CCCC1)C(=O)[C@H]1CC[C@@]2(CC1)OC(=O)c1cc(Oc3ncc(F)cn3)ccc12. The Morgan fingerprint density at radius 1 is 1.24 bits per heavy atom. The molecule has 8 nitrogen and oxygen atoms in total. The molecule has 0 N–H and O–H groups in total. The third-order valence-corrected chi connectivity index (χ3v) is 7.26. The predicted octanol–water partition coefficient (Wildman–Crippen LogP) is 3.52. The molecule has 1 amide bonds. The molecule has 3 heterocycles. The summed E-state index contributed by atoms with van der Waals surface area (Å²) >= 11 is 0. The molecule has 1 spiro atoms. The fraction of sp³-hybridized carbons (Fsp3) is 0.520. The highest BCUT2D eigenvalue weighted by atomic mass is 19.1. The molecule has 34 heavy (non-hydrogen) atoms. The van der Waals surface area contributed by atoms with Crippen LogP contribution < -0.4 is 4.74 Å². The van der Waals surface area contributed by atoms with Crippen molar-refractivity contribution in [1.82, 2.24) is 19.8 Å². The Kier molecular flexibility index (Phi) is 6.20. The van der Waals surface area contributed by atoms with Crippen molar-refractivity contribution in [3.05, 3.63) is 47.5 Å². The van der Waals surface area contributed by atoms with Crippen LogP contribution in [0, 0.1) is 11.7 Å². The fourth-order valence-corrected chi connectivity index (χ4v) is 5.32. The zero-order chi connectivity index (χ0) is 23.7. The number of esters is 1. The Labute approximate surface area is 198 Å². The van der Waals surface area contributed by atoms with Gasteiger partial charge in [-0.05, 0) is 63.7 Å². The molecule has 1 saturated carbocycles. The zero-order valence-corrected chi connectivity index (χ0v) is 19.3. The van der Waals surface area contributed by atoms with E-state index < -0.39 is 17.4 Å². The van der Waals surface area contributed by atoms with Crippen LogP contribution in [-0.2, 0) is 15.1 Å². The summed E-state index contributed by atoms with van der Waals surface area (Å²) in [5.41, 5.74) is 0.590. The lowest BCUT2D eigenvalue weighted by Crippen LogP contribution is -2.41. The maximum absolute atomic E-state index is 13.0. The van der Waals surface area contributed by atoms with Crippen LogP contribution in [-0.4, -0.2) is 64.9 Å². The molecule has 0 bridgehead atoms. The maximum atomic E-state index is 13.0. The second-order valence-electron chi connectivity index (χ2n) is 9.46. The monoisotopic (exact) mass is 468 g/mol. The van der Waals surface area contributed by atoms with E-state index in [1.54, 1.807) is 12.1 Å².